The van der Waals surface area contributed by atoms with Crippen LogP contribution in [0.25, 0.3) is 10.4 Å². The number of amides is 1. The molecule has 3 aromatic carbocycles. The van der Waals surface area contributed by atoms with Crippen molar-refractivity contribution in [1.82, 2.24) is 5.32 Å². The Kier molecular flexibility index (Phi) is 38.7. The standard InChI is InChI=1S/C83H96N4O8Si2/c1-13-15-17-19-21-23-25-27-28-29-30-31-32-33-34-35-36-37-39-41-43-45-56-64-76(88)86-73(77(95-97(11,12)83(6,7)8)74(94-96(9,10)82(3,4)5)63-55-44-42-40-38-26-24-22-20-18-16-14-2)69-92-81-80(91-68-72-61-53-48-54-62-72)79(90-67-71-59-51-47-52-60-71)78(75(93-81)65-85-87-84)89-66-70-57-49-46-50-58-70/h46-54,57-62,73-75,77-81H,14,16,18,20,22,24,26,38,40,42,44,55,63,65-69H2,1-12H3,(H,86,88)/t73-,74-,75?,77-,78?,79?,80?,81?/m0/s1. The third-order valence-corrected chi connectivity index (χ3v) is 25.7. The maximum absolute atomic E-state index is 14.6. The van der Waals surface area contributed by atoms with E-state index in [0.717, 1.165) is 36.0 Å². The first-order valence-electron chi connectivity index (χ1n) is 33.6. The molecule has 5 unspecified atom stereocenters. The summed E-state index contributed by atoms with van der Waals surface area (Å²) in [6, 6.07) is 28.6. The van der Waals surface area contributed by atoms with Crippen LogP contribution in [0.15, 0.2) is 96.1 Å². The molecule has 0 bridgehead atoms. The largest absolute Gasteiger partial charge is 0.411 e. The number of unbranched alkanes of at least 4 members (excludes halogenated alkanes) is 11. The molecule has 1 amide bonds. The predicted molar refractivity (Wildman–Crippen MR) is 394 cm³/mol. The van der Waals surface area contributed by atoms with Gasteiger partial charge in [0, 0.05) is 46.4 Å². The van der Waals surface area contributed by atoms with Gasteiger partial charge in [0.05, 0.1) is 57.3 Å². The number of benzene rings is 3. The lowest BCUT2D eigenvalue weighted by molar-refractivity contribution is -0.322. The second kappa shape index (κ2) is 46.5. The van der Waals surface area contributed by atoms with Crippen LogP contribution in [0.3, 0.4) is 0 Å². The van der Waals surface area contributed by atoms with E-state index >= 15 is 0 Å². The molecule has 1 N–H and O–H groups in total. The second-order valence-electron chi connectivity index (χ2n) is 26.2. The topological polar surface area (TPSA) is 142 Å². The van der Waals surface area contributed by atoms with Crippen molar-refractivity contribution in [3.05, 3.63) is 118 Å². The Balaban J connectivity index is 1.80. The number of hydrogen-bond acceptors (Lipinski definition) is 9. The molecule has 0 radical (unpaired) electrons. The van der Waals surface area contributed by atoms with Gasteiger partial charge in [-0.3, -0.25) is 4.79 Å². The minimum Gasteiger partial charge on any atom is -0.411 e. The molecule has 0 aromatic heterocycles. The fourth-order valence-electron chi connectivity index (χ4n) is 9.51. The maximum atomic E-state index is 14.6. The fraction of sp³-hybridized carbons (Fsp3) is 0.482. The Bertz CT molecular complexity index is 3800. The second-order valence-corrected chi connectivity index (χ2v) is 35.7. The summed E-state index contributed by atoms with van der Waals surface area (Å²) in [6.45, 7) is 26.5. The number of nitrogens with one attached hydrogen (secondary N) is 1. The van der Waals surface area contributed by atoms with Gasteiger partial charge in [0.15, 0.2) is 22.9 Å². The summed E-state index contributed by atoms with van der Waals surface area (Å²) in [5, 5.41) is 6.88. The first-order chi connectivity index (χ1) is 46.8. The van der Waals surface area contributed by atoms with Gasteiger partial charge in [-0.15, -0.1) is 0 Å². The van der Waals surface area contributed by atoms with E-state index in [2.05, 4.69) is 232 Å². The normalized spacial score (nSPS) is 16.0. The molecule has 504 valence electrons. The van der Waals surface area contributed by atoms with Crippen LogP contribution < -0.4 is 5.32 Å². The van der Waals surface area contributed by atoms with Gasteiger partial charge in [-0.2, -0.15) is 0 Å². The third-order valence-electron chi connectivity index (χ3n) is 16.7. The van der Waals surface area contributed by atoms with Gasteiger partial charge >= 0.3 is 0 Å². The van der Waals surface area contributed by atoms with Crippen molar-refractivity contribution in [2.24, 2.45) is 5.11 Å². The zero-order valence-corrected chi connectivity index (χ0v) is 61.1. The van der Waals surface area contributed by atoms with Crippen molar-refractivity contribution in [2.75, 3.05) is 13.2 Å². The minimum absolute atomic E-state index is 0.112. The van der Waals surface area contributed by atoms with Crippen molar-refractivity contribution in [3.8, 4) is 142 Å². The molecule has 1 saturated heterocycles. The molecule has 0 saturated carbocycles. The van der Waals surface area contributed by atoms with Gasteiger partial charge in [-0.05, 0) is 167 Å². The fourth-order valence-corrected chi connectivity index (χ4v) is 12.2. The Morgan fingerprint density at radius 3 is 1.29 bits per heavy atom. The Labute approximate surface area is 584 Å². The van der Waals surface area contributed by atoms with Crippen LogP contribution in [-0.4, -0.2) is 84.6 Å². The summed E-state index contributed by atoms with van der Waals surface area (Å²) < 4.78 is 50.2. The van der Waals surface area contributed by atoms with E-state index in [1.807, 2.05) is 91.0 Å². The zero-order chi connectivity index (χ0) is 70.3. The van der Waals surface area contributed by atoms with E-state index < -0.39 is 71.5 Å². The van der Waals surface area contributed by atoms with Crippen molar-refractivity contribution in [1.29, 1.82) is 0 Å². The summed E-state index contributed by atoms with van der Waals surface area (Å²) in [4.78, 5) is 17.8. The molecule has 0 spiro atoms. The number of azide groups is 1. The van der Waals surface area contributed by atoms with Crippen molar-refractivity contribution < 1.29 is 37.3 Å². The van der Waals surface area contributed by atoms with Crippen LogP contribution in [0.4, 0.5) is 0 Å². The Morgan fingerprint density at radius 2 is 0.887 bits per heavy atom. The highest BCUT2D eigenvalue weighted by Gasteiger charge is 2.51. The summed E-state index contributed by atoms with van der Waals surface area (Å²) >= 11 is 0. The van der Waals surface area contributed by atoms with Crippen molar-refractivity contribution in [2.45, 2.75) is 244 Å². The number of carbonyl (C=O) groups is 1. The Hall–Kier alpha value is -8.69. The lowest BCUT2D eigenvalue weighted by Gasteiger charge is -2.48. The quantitative estimate of drug-likeness (QED) is 0.0156. The molecule has 97 heavy (non-hydrogen) atoms. The highest BCUT2D eigenvalue weighted by atomic mass is 28.4. The smallest absolute Gasteiger partial charge is 0.297 e. The maximum Gasteiger partial charge on any atom is 0.297 e. The van der Waals surface area contributed by atoms with E-state index in [-0.39, 0.29) is 43.0 Å². The van der Waals surface area contributed by atoms with Gasteiger partial charge in [0.1, 0.15) is 18.3 Å². The zero-order valence-electron chi connectivity index (χ0n) is 59.1. The van der Waals surface area contributed by atoms with E-state index in [9.17, 15) is 10.3 Å². The summed E-state index contributed by atoms with van der Waals surface area (Å²) in [7, 11) is -5.27. The van der Waals surface area contributed by atoms with Crippen molar-refractivity contribution in [3.63, 3.8) is 0 Å². The Morgan fingerprint density at radius 1 is 0.515 bits per heavy atom. The molecule has 3 aromatic rings. The summed E-state index contributed by atoms with van der Waals surface area (Å²) in [6.07, 6.45) is 9.28. The average molecular weight is 1330 g/mol. The van der Waals surface area contributed by atoms with E-state index in [4.69, 9.17) is 32.5 Å². The van der Waals surface area contributed by atoms with Crippen LogP contribution in [0, 0.1) is 142 Å². The monoisotopic (exact) mass is 1330 g/mol. The van der Waals surface area contributed by atoms with Crippen LogP contribution in [-0.2, 0) is 57.2 Å². The molecule has 1 aliphatic heterocycles. The molecular formula is C83H96N4O8Si2. The van der Waals surface area contributed by atoms with Crippen LogP contribution >= 0.6 is 0 Å². The SMILES string of the molecule is CC#CC#CC#CC#CC#CC#CC#CC#CC#CC#CC#CC#CC(=O)N[C@@H](COC1OC(CN=[N+]=[N-])C(OCc2ccccc2)C(OCc2ccccc2)C1OCc1ccccc1)[C@H](O[Si](C)(C)C(C)(C)C)[C@H](CCCCCCCCCCCCCC)O[Si](C)(C)C(C)(C)C. The predicted octanol–water partition coefficient (Wildman–Crippen LogP) is 15.2. The molecule has 1 fully saturated rings. The number of ether oxygens (including phenoxy) is 5. The highest BCUT2D eigenvalue weighted by molar-refractivity contribution is 6.74. The third kappa shape index (κ3) is 33.2. The van der Waals surface area contributed by atoms with E-state index in [0.29, 0.717) is 6.42 Å². The van der Waals surface area contributed by atoms with Crippen LogP contribution in [0.1, 0.15) is 156 Å². The number of hydrogen-bond donors (Lipinski definition) is 1. The summed E-state index contributed by atoms with van der Waals surface area (Å²) in [5.41, 5.74) is 12.6. The van der Waals surface area contributed by atoms with Gasteiger partial charge < -0.3 is 37.9 Å². The van der Waals surface area contributed by atoms with E-state index in [1.165, 1.54) is 57.8 Å². The first kappa shape index (κ1) is 80.7. The van der Waals surface area contributed by atoms with Crippen LogP contribution in [0.2, 0.25) is 36.3 Å². The lowest BCUT2D eigenvalue weighted by atomic mass is 9.97. The molecule has 1 aliphatic rings. The van der Waals surface area contributed by atoms with Crippen LogP contribution in [0.5, 0.6) is 0 Å². The summed E-state index contributed by atoms with van der Waals surface area (Å²) in [5.74, 6) is 61.7. The lowest BCUT2D eigenvalue weighted by Crippen LogP contribution is -2.63. The highest BCUT2D eigenvalue weighted by Crippen LogP contribution is 2.42. The van der Waals surface area contributed by atoms with E-state index in [1.54, 1.807) is 6.92 Å². The minimum atomic E-state index is -2.71. The van der Waals surface area contributed by atoms with Gasteiger partial charge in [0.25, 0.3) is 5.91 Å². The molecule has 4 rings (SSSR count). The molecule has 1 heterocycles. The molecule has 14 heteroatoms. The van der Waals surface area contributed by atoms with Gasteiger partial charge in [-0.1, -0.05) is 228 Å². The average Bonchev–Trinajstić information content (AvgIpc) is 0.793. The molecular weight excluding hydrogens is 1240 g/mol. The number of carbonyl (C=O) groups excluding carboxylic acids is 1. The molecule has 0 aliphatic carbocycles. The molecule has 12 nitrogen and oxygen atoms in total. The van der Waals surface area contributed by atoms with Gasteiger partial charge in [-0.25, -0.2) is 0 Å². The number of rotatable bonds is 34. The van der Waals surface area contributed by atoms with Crippen molar-refractivity contribution >= 4 is 22.5 Å². The van der Waals surface area contributed by atoms with Gasteiger partial charge in [0.2, 0.25) is 0 Å². The molecule has 8 atom stereocenters. The number of nitrogens with zero attached hydrogens (tertiary/aromatic N) is 3. The first-order valence-corrected chi connectivity index (χ1v) is 39.4.